The number of Topliss-reactive ketones (excluding diaryl/α,β-unsaturated/α-hetero) is 2. The monoisotopic (exact) mass is 210 g/mol. The van der Waals surface area contributed by atoms with Gasteiger partial charge in [0, 0.05) is 12.8 Å². The van der Waals surface area contributed by atoms with Gasteiger partial charge in [-0.1, -0.05) is 13.2 Å². The Bertz CT molecular complexity index is 249. The Morgan fingerprint density at radius 2 is 1.27 bits per heavy atom. The lowest BCUT2D eigenvalue weighted by Gasteiger charge is -2.03. The summed E-state index contributed by atoms with van der Waals surface area (Å²) in [6.07, 6.45) is 0.660. The van der Waals surface area contributed by atoms with Crippen LogP contribution < -0.4 is 0 Å². The predicted octanol–water partition coefficient (Wildman–Crippen LogP) is 2.07. The van der Waals surface area contributed by atoms with Crippen LogP contribution in [0.3, 0.4) is 0 Å². The van der Waals surface area contributed by atoms with E-state index in [1.807, 2.05) is 0 Å². The molecule has 0 aliphatic carbocycles. The van der Waals surface area contributed by atoms with Crippen molar-refractivity contribution in [2.24, 2.45) is 0 Å². The Kier molecular flexibility index (Phi) is 6.54. The van der Waals surface area contributed by atoms with Crippen molar-refractivity contribution in [3.8, 4) is 0 Å². The summed E-state index contributed by atoms with van der Waals surface area (Å²) < 4.78 is 5.15. The lowest BCUT2D eigenvalue weighted by atomic mass is 10.1. The van der Waals surface area contributed by atoms with E-state index in [9.17, 15) is 9.59 Å². The maximum Gasteiger partial charge on any atom is 0.160 e. The molecule has 0 unspecified atom stereocenters. The number of carbonyl (C=O) groups is 2. The van der Waals surface area contributed by atoms with Gasteiger partial charge < -0.3 is 4.74 Å². The molecule has 0 aromatic rings. The standard InChI is InChI=1S/C12H18O3/c1-9(2)11(13)5-7-15-8-6-12(14)10(3)4/h1,3,5-8H2,2,4H3. The number of allylic oxidation sites excluding steroid dienone is 2. The average molecular weight is 210 g/mol. The summed E-state index contributed by atoms with van der Waals surface area (Å²) in [5.74, 6) is 0.00227. The van der Waals surface area contributed by atoms with Gasteiger partial charge in [-0.2, -0.15) is 0 Å². The van der Waals surface area contributed by atoms with E-state index in [1.165, 1.54) is 0 Å². The summed E-state index contributed by atoms with van der Waals surface area (Å²) in [6.45, 7) is 11.1. The third-order valence-electron chi connectivity index (χ3n) is 1.90. The lowest BCUT2D eigenvalue weighted by Crippen LogP contribution is -2.08. The minimum atomic E-state index is 0.00114. The minimum Gasteiger partial charge on any atom is -0.381 e. The molecule has 0 rings (SSSR count). The summed E-state index contributed by atoms with van der Waals surface area (Å²) in [6, 6.07) is 0. The van der Waals surface area contributed by atoms with Crippen LogP contribution in [0, 0.1) is 0 Å². The highest BCUT2D eigenvalue weighted by atomic mass is 16.5. The van der Waals surface area contributed by atoms with E-state index in [0.29, 0.717) is 37.2 Å². The zero-order valence-corrected chi connectivity index (χ0v) is 9.47. The van der Waals surface area contributed by atoms with Crippen LogP contribution in [0.2, 0.25) is 0 Å². The molecule has 0 fully saturated rings. The molecular weight excluding hydrogens is 192 g/mol. The summed E-state index contributed by atoms with van der Waals surface area (Å²) in [7, 11) is 0. The Labute approximate surface area is 90.8 Å². The van der Waals surface area contributed by atoms with Crippen LogP contribution in [-0.4, -0.2) is 24.8 Å². The van der Waals surface area contributed by atoms with Crippen LogP contribution in [0.5, 0.6) is 0 Å². The van der Waals surface area contributed by atoms with Gasteiger partial charge in [0.15, 0.2) is 11.6 Å². The molecule has 3 heteroatoms. The number of ether oxygens (including phenoxy) is 1. The maximum atomic E-state index is 11.1. The zero-order valence-electron chi connectivity index (χ0n) is 9.47. The highest BCUT2D eigenvalue weighted by molar-refractivity contribution is 5.94. The molecule has 0 aliphatic heterocycles. The average Bonchev–Trinajstić information content (AvgIpc) is 2.16. The smallest absolute Gasteiger partial charge is 0.160 e. The molecule has 0 heterocycles. The number of rotatable bonds is 8. The van der Waals surface area contributed by atoms with Gasteiger partial charge in [0.05, 0.1) is 13.2 Å². The van der Waals surface area contributed by atoms with Crippen LogP contribution in [0.25, 0.3) is 0 Å². The molecule has 0 aromatic heterocycles. The predicted molar refractivity (Wildman–Crippen MR) is 59.7 cm³/mol. The summed E-state index contributed by atoms with van der Waals surface area (Å²) in [5.41, 5.74) is 1.08. The van der Waals surface area contributed by atoms with Gasteiger partial charge in [-0.15, -0.1) is 0 Å². The molecule has 0 spiro atoms. The number of hydrogen-bond acceptors (Lipinski definition) is 3. The van der Waals surface area contributed by atoms with Gasteiger partial charge in [0.25, 0.3) is 0 Å². The second kappa shape index (κ2) is 7.12. The van der Waals surface area contributed by atoms with E-state index in [4.69, 9.17) is 4.74 Å². The number of carbonyl (C=O) groups excluding carboxylic acids is 2. The van der Waals surface area contributed by atoms with Gasteiger partial charge >= 0.3 is 0 Å². The van der Waals surface area contributed by atoms with Crippen LogP contribution in [-0.2, 0) is 14.3 Å². The van der Waals surface area contributed by atoms with Crippen molar-refractivity contribution < 1.29 is 14.3 Å². The Hall–Kier alpha value is -1.22. The first-order chi connectivity index (χ1) is 6.95. The van der Waals surface area contributed by atoms with Gasteiger partial charge in [-0.05, 0) is 25.0 Å². The first-order valence-electron chi connectivity index (χ1n) is 4.90. The number of hydrogen-bond donors (Lipinski definition) is 0. The molecule has 0 bridgehead atoms. The molecule has 15 heavy (non-hydrogen) atoms. The molecule has 0 aliphatic rings. The van der Waals surface area contributed by atoms with Crippen molar-refractivity contribution in [2.45, 2.75) is 26.7 Å². The lowest BCUT2D eigenvalue weighted by molar-refractivity contribution is -0.117. The molecule has 0 saturated carbocycles. The zero-order chi connectivity index (χ0) is 11.8. The third kappa shape index (κ3) is 6.80. The maximum absolute atomic E-state index is 11.1. The molecule has 84 valence electrons. The van der Waals surface area contributed by atoms with Crippen LogP contribution in [0.1, 0.15) is 26.7 Å². The van der Waals surface area contributed by atoms with E-state index in [-0.39, 0.29) is 11.6 Å². The van der Waals surface area contributed by atoms with E-state index in [0.717, 1.165) is 0 Å². The van der Waals surface area contributed by atoms with E-state index in [1.54, 1.807) is 13.8 Å². The fraction of sp³-hybridized carbons (Fsp3) is 0.500. The molecule has 0 radical (unpaired) electrons. The van der Waals surface area contributed by atoms with Crippen LogP contribution in [0.15, 0.2) is 24.3 Å². The molecule has 0 N–H and O–H groups in total. The Morgan fingerprint density at radius 1 is 0.933 bits per heavy atom. The fourth-order valence-corrected chi connectivity index (χ4v) is 0.859. The molecular formula is C12H18O3. The molecule has 0 saturated heterocycles. The Balaban J connectivity index is 3.48. The fourth-order valence-electron chi connectivity index (χ4n) is 0.859. The summed E-state index contributed by atoms with van der Waals surface area (Å²) >= 11 is 0. The molecule has 0 aromatic carbocycles. The van der Waals surface area contributed by atoms with Crippen molar-refractivity contribution in [3.05, 3.63) is 24.3 Å². The second-order valence-electron chi connectivity index (χ2n) is 3.52. The largest absolute Gasteiger partial charge is 0.381 e. The SMILES string of the molecule is C=C(C)C(=O)CCOCCC(=O)C(=C)C. The van der Waals surface area contributed by atoms with Gasteiger partial charge in [-0.25, -0.2) is 0 Å². The highest BCUT2D eigenvalue weighted by Crippen LogP contribution is 1.98. The normalized spacial score (nSPS) is 9.73. The quantitative estimate of drug-likeness (QED) is 0.455. The highest BCUT2D eigenvalue weighted by Gasteiger charge is 2.04. The summed E-state index contributed by atoms with van der Waals surface area (Å²) in [5, 5.41) is 0. The van der Waals surface area contributed by atoms with E-state index in [2.05, 4.69) is 13.2 Å². The van der Waals surface area contributed by atoms with Crippen molar-refractivity contribution in [3.63, 3.8) is 0 Å². The van der Waals surface area contributed by atoms with Gasteiger partial charge in [-0.3, -0.25) is 9.59 Å². The molecule has 0 amide bonds. The first-order valence-corrected chi connectivity index (χ1v) is 4.90. The van der Waals surface area contributed by atoms with Crippen molar-refractivity contribution >= 4 is 11.6 Å². The molecule has 0 atom stereocenters. The summed E-state index contributed by atoms with van der Waals surface area (Å²) in [4.78, 5) is 22.2. The second-order valence-corrected chi connectivity index (χ2v) is 3.52. The van der Waals surface area contributed by atoms with Gasteiger partial charge in [0.1, 0.15) is 0 Å². The topological polar surface area (TPSA) is 43.4 Å². The van der Waals surface area contributed by atoms with Crippen LogP contribution >= 0.6 is 0 Å². The van der Waals surface area contributed by atoms with Crippen LogP contribution in [0.4, 0.5) is 0 Å². The van der Waals surface area contributed by atoms with Crippen molar-refractivity contribution in [2.75, 3.05) is 13.2 Å². The first kappa shape index (κ1) is 13.8. The van der Waals surface area contributed by atoms with Gasteiger partial charge in [0.2, 0.25) is 0 Å². The van der Waals surface area contributed by atoms with E-state index >= 15 is 0 Å². The van der Waals surface area contributed by atoms with E-state index < -0.39 is 0 Å². The van der Waals surface area contributed by atoms with Crippen molar-refractivity contribution in [1.29, 1.82) is 0 Å². The molecule has 3 nitrogen and oxygen atoms in total. The minimum absolute atomic E-state index is 0.00114. The Morgan fingerprint density at radius 3 is 1.53 bits per heavy atom. The number of ketones is 2. The third-order valence-corrected chi connectivity index (χ3v) is 1.90. The van der Waals surface area contributed by atoms with Crippen molar-refractivity contribution in [1.82, 2.24) is 0 Å².